The normalized spacial score (nSPS) is 15.8. The van der Waals surface area contributed by atoms with Crippen molar-refractivity contribution in [1.82, 2.24) is 15.1 Å². The molecule has 1 aliphatic heterocycles. The second-order valence-electron chi connectivity index (χ2n) is 6.07. The van der Waals surface area contributed by atoms with Crippen LogP contribution in [0.4, 0.5) is 16.2 Å². The van der Waals surface area contributed by atoms with Gasteiger partial charge in [0, 0.05) is 37.8 Å². The summed E-state index contributed by atoms with van der Waals surface area (Å²) in [4.78, 5) is 12.9. The smallest absolute Gasteiger partial charge is 0.404 e. The number of hydrogen-bond donors (Lipinski definition) is 3. The molecule has 0 radical (unpaired) electrons. The maximum atomic E-state index is 10.7. The SMILES string of the molecule is COCCn1cc2cc(N)c(N3CCC(NC(=O)O)CC3)cc2n1. The molecule has 1 saturated heterocycles. The van der Waals surface area contributed by atoms with Crippen LogP contribution in [0, 0.1) is 0 Å². The van der Waals surface area contributed by atoms with Gasteiger partial charge >= 0.3 is 6.09 Å². The van der Waals surface area contributed by atoms with Gasteiger partial charge in [-0.05, 0) is 25.0 Å². The summed E-state index contributed by atoms with van der Waals surface area (Å²) in [5.74, 6) is 0. The number of piperidine rings is 1. The van der Waals surface area contributed by atoms with Crippen molar-refractivity contribution in [3.05, 3.63) is 18.3 Å². The van der Waals surface area contributed by atoms with Crippen LogP contribution in [0.2, 0.25) is 0 Å². The molecule has 1 aromatic carbocycles. The molecule has 1 aromatic heterocycles. The van der Waals surface area contributed by atoms with E-state index in [-0.39, 0.29) is 6.04 Å². The average molecular weight is 333 g/mol. The number of fused-ring (bicyclic) bond motifs is 1. The fourth-order valence-corrected chi connectivity index (χ4v) is 3.14. The third kappa shape index (κ3) is 3.53. The number of aromatic nitrogens is 2. The highest BCUT2D eigenvalue weighted by atomic mass is 16.5. The van der Waals surface area contributed by atoms with Gasteiger partial charge in [-0.25, -0.2) is 4.79 Å². The summed E-state index contributed by atoms with van der Waals surface area (Å²) in [5, 5.41) is 16.9. The third-order valence-corrected chi connectivity index (χ3v) is 4.39. The molecule has 0 saturated carbocycles. The van der Waals surface area contributed by atoms with Crippen LogP contribution in [0.5, 0.6) is 0 Å². The van der Waals surface area contributed by atoms with Gasteiger partial charge in [-0.2, -0.15) is 5.10 Å². The highest BCUT2D eigenvalue weighted by Gasteiger charge is 2.22. The van der Waals surface area contributed by atoms with E-state index in [4.69, 9.17) is 15.6 Å². The molecule has 4 N–H and O–H groups in total. The first kappa shape index (κ1) is 16.4. The Hall–Kier alpha value is -2.48. The zero-order valence-corrected chi connectivity index (χ0v) is 13.7. The minimum absolute atomic E-state index is 0.0111. The minimum Gasteiger partial charge on any atom is -0.465 e. The number of carbonyl (C=O) groups is 1. The van der Waals surface area contributed by atoms with E-state index < -0.39 is 6.09 Å². The van der Waals surface area contributed by atoms with E-state index >= 15 is 0 Å². The molecule has 3 rings (SSSR count). The number of amides is 1. The molecule has 0 bridgehead atoms. The first-order valence-electron chi connectivity index (χ1n) is 8.07. The van der Waals surface area contributed by atoms with Crippen LogP contribution >= 0.6 is 0 Å². The Balaban J connectivity index is 1.75. The van der Waals surface area contributed by atoms with Crippen molar-refractivity contribution in [3.8, 4) is 0 Å². The van der Waals surface area contributed by atoms with E-state index in [1.54, 1.807) is 7.11 Å². The molecule has 0 unspecified atom stereocenters. The maximum Gasteiger partial charge on any atom is 0.404 e. The number of rotatable bonds is 5. The van der Waals surface area contributed by atoms with Crippen molar-refractivity contribution in [2.24, 2.45) is 0 Å². The van der Waals surface area contributed by atoms with Gasteiger partial charge in [0.2, 0.25) is 0 Å². The first-order valence-corrected chi connectivity index (χ1v) is 8.07. The van der Waals surface area contributed by atoms with Gasteiger partial charge in [-0.1, -0.05) is 0 Å². The van der Waals surface area contributed by atoms with Crippen LogP contribution in [0.1, 0.15) is 12.8 Å². The Bertz CT molecular complexity index is 722. The Morgan fingerprint density at radius 2 is 2.21 bits per heavy atom. The van der Waals surface area contributed by atoms with Crippen molar-refractivity contribution in [2.75, 3.05) is 37.4 Å². The molecule has 0 atom stereocenters. The van der Waals surface area contributed by atoms with Crippen molar-refractivity contribution < 1.29 is 14.6 Å². The molecule has 2 aromatic rings. The molecular weight excluding hydrogens is 310 g/mol. The number of nitrogens with zero attached hydrogens (tertiary/aromatic N) is 3. The first-order chi connectivity index (χ1) is 11.6. The maximum absolute atomic E-state index is 10.7. The van der Waals surface area contributed by atoms with Gasteiger partial charge < -0.3 is 25.8 Å². The number of methoxy groups -OCH3 is 1. The van der Waals surface area contributed by atoms with Crippen molar-refractivity contribution in [1.29, 1.82) is 0 Å². The Morgan fingerprint density at radius 1 is 1.46 bits per heavy atom. The van der Waals surface area contributed by atoms with Crippen molar-refractivity contribution >= 4 is 28.4 Å². The number of anilines is 2. The Kier molecular flexibility index (Phi) is 4.75. The summed E-state index contributed by atoms with van der Waals surface area (Å²) < 4.78 is 6.94. The van der Waals surface area contributed by atoms with Gasteiger partial charge in [0.1, 0.15) is 0 Å². The molecule has 130 valence electrons. The zero-order chi connectivity index (χ0) is 17.1. The summed E-state index contributed by atoms with van der Waals surface area (Å²) in [5.41, 5.74) is 8.82. The lowest BCUT2D eigenvalue weighted by Crippen LogP contribution is -2.44. The molecule has 1 amide bonds. The number of nitrogens with one attached hydrogen (secondary N) is 1. The number of nitrogen functional groups attached to an aromatic ring is 1. The van der Waals surface area contributed by atoms with E-state index in [0.717, 1.165) is 48.2 Å². The van der Waals surface area contributed by atoms with Gasteiger partial charge in [0.25, 0.3) is 0 Å². The number of nitrogens with two attached hydrogens (primary N) is 1. The molecule has 8 heteroatoms. The fraction of sp³-hybridized carbons (Fsp3) is 0.500. The lowest BCUT2D eigenvalue weighted by Gasteiger charge is -2.34. The van der Waals surface area contributed by atoms with E-state index in [1.165, 1.54) is 0 Å². The summed E-state index contributed by atoms with van der Waals surface area (Å²) >= 11 is 0. The molecule has 0 spiro atoms. The molecule has 1 fully saturated rings. The summed E-state index contributed by atoms with van der Waals surface area (Å²) in [6, 6.07) is 3.97. The number of ether oxygens (including phenoxy) is 1. The molecule has 1 aliphatic rings. The van der Waals surface area contributed by atoms with Crippen LogP contribution in [0.3, 0.4) is 0 Å². The molecule has 8 nitrogen and oxygen atoms in total. The number of benzene rings is 1. The largest absolute Gasteiger partial charge is 0.465 e. The van der Waals surface area contributed by atoms with E-state index in [9.17, 15) is 4.79 Å². The second kappa shape index (κ2) is 6.96. The van der Waals surface area contributed by atoms with Crippen LogP contribution in [-0.2, 0) is 11.3 Å². The summed E-state index contributed by atoms with van der Waals surface area (Å²) in [6.07, 6.45) is 2.55. The van der Waals surface area contributed by atoms with E-state index in [2.05, 4.69) is 15.3 Å². The molecule has 24 heavy (non-hydrogen) atoms. The quantitative estimate of drug-likeness (QED) is 0.716. The summed E-state index contributed by atoms with van der Waals surface area (Å²) in [7, 11) is 1.67. The predicted octanol–water partition coefficient (Wildman–Crippen LogP) is 1.50. The lowest BCUT2D eigenvalue weighted by atomic mass is 10.0. The van der Waals surface area contributed by atoms with Gasteiger partial charge in [-0.15, -0.1) is 0 Å². The molecular formula is C16H23N5O3. The van der Waals surface area contributed by atoms with Gasteiger partial charge in [0.15, 0.2) is 0 Å². The highest BCUT2D eigenvalue weighted by molar-refractivity contribution is 5.89. The fourth-order valence-electron chi connectivity index (χ4n) is 3.14. The molecule has 2 heterocycles. The van der Waals surface area contributed by atoms with E-state index in [1.807, 2.05) is 23.0 Å². The predicted molar refractivity (Wildman–Crippen MR) is 92.4 cm³/mol. The minimum atomic E-state index is -0.962. The average Bonchev–Trinajstić information content (AvgIpc) is 2.94. The van der Waals surface area contributed by atoms with Gasteiger partial charge in [-0.3, -0.25) is 4.68 Å². The van der Waals surface area contributed by atoms with Crippen LogP contribution in [0.25, 0.3) is 10.9 Å². The van der Waals surface area contributed by atoms with Crippen LogP contribution in [-0.4, -0.2) is 53.8 Å². The zero-order valence-electron chi connectivity index (χ0n) is 13.7. The molecule has 0 aliphatic carbocycles. The van der Waals surface area contributed by atoms with E-state index in [0.29, 0.717) is 13.2 Å². The lowest BCUT2D eigenvalue weighted by molar-refractivity contribution is 0.184. The van der Waals surface area contributed by atoms with Crippen molar-refractivity contribution in [3.63, 3.8) is 0 Å². The Labute approximate surface area is 140 Å². The summed E-state index contributed by atoms with van der Waals surface area (Å²) in [6.45, 7) is 2.85. The topological polar surface area (TPSA) is 106 Å². The number of carboxylic acid groups (broad SMARTS) is 1. The third-order valence-electron chi connectivity index (χ3n) is 4.39. The highest BCUT2D eigenvalue weighted by Crippen LogP contribution is 2.30. The standard InChI is InChI=1S/C16H23N5O3/c1-24-7-6-21-10-11-8-13(17)15(9-14(11)19-21)20-4-2-12(3-5-20)18-16(22)23/h8-10,12,18H,2-7,17H2,1H3,(H,22,23). The second-order valence-corrected chi connectivity index (χ2v) is 6.07. The van der Waals surface area contributed by atoms with Gasteiger partial charge in [0.05, 0.1) is 30.0 Å². The van der Waals surface area contributed by atoms with Crippen LogP contribution < -0.4 is 16.0 Å². The monoisotopic (exact) mass is 333 g/mol. The van der Waals surface area contributed by atoms with Crippen molar-refractivity contribution in [2.45, 2.75) is 25.4 Å². The van der Waals surface area contributed by atoms with Crippen LogP contribution in [0.15, 0.2) is 18.3 Å². The Morgan fingerprint density at radius 3 is 2.88 bits per heavy atom. The number of hydrogen-bond acceptors (Lipinski definition) is 5.